The summed E-state index contributed by atoms with van der Waals surface area (Å²) in [4.78, 5) is 44.8. The van der Waals surface area contributed by atoms with Crippen molar-refractivity contribution in [2.75, 3.05) is 66.0 Å². The van der Waals surface area contributed by atoms with Crippen molar-refractivity contribution in [3.63, 3.8) is 0 Å². The second kappa shape index (κ2) is 14.3. The molecule has 178 valence electrons. The van der Waals surface area contributed by atoms with Crippen molar-refractivity contribution >= 4 is 85.5 Å². The van der Waals surface area contributed by atoms with Crippen LogP contribution < -0.4 is 21.4 Å². The standard InChI is InChI=1S/C19H26I3N5O5/c1-23-32-19(31)14-16(21)12(15(20)13(17(14)22)18(29)30)11(28)10-27-8-6-25-4-2-24-3-5-26-7-9-27/h23-26H,2-10H2,1H3,(H,29,30). The minimum absolute atomic E-state index is 0.0671. The Morgan fingerprint density at radius 3 is 1.84 bits per heavy atom. The first-order valence-electron chi connectivity index (χ1n) is 9.98. The monoisotopic (exact) mass is 785 g/mol. The van der Waals surface area contributed by atoms with Gasteiger partial charge in [0.2, 0.25) is 0 Å². The number of halogens is 3. The molecular weight excluding hydrogens is 759 g/mol. The minimum Gasteiger partial charge on any atom is -0.478 e. The van der Waals surface area contributed by atoms with Gasteiger partial charge in [-0.05, 0) is 67.8 Å². The zero-order valence-corrected chi connectivity index (χ0v) is 24.0. The number of benzene rings is 1. The zero-order valence-electron chi connectivity index (χ0n) is 17.5. The van der Waals surface area contributed by atoms with E-state index in [0.29, 0.717) is 20.2 Å². The average Bonchev–Trinajstić information content (AvgIpc) is 2.69. The number of carbonyl (C=O) groups is 3. The van der Waals surface area contributed by atoms with E-state index >= 15 is 0 Å². The molecule has 10 nitrogen and oxygen atoms in total. The van der Waals surface area contributed by atoms with Crippen LogP contribution in [0.4, 0.5) is 0 Å². The molecule has 0 amide bonds. The molecule has 13 heteroatoms. The van der Waals surface area contributed by atoms with Crippen LogP contribution in [0.15, 0.2) is 0 Å². The molecule has 2 rings (SSSR count). The highest BCUT2D eigenvalue weighted by Gasteiger charge is 2.31. The van der Waals surface area contributed by atoms with Gasteiger partial charge in [-0.15, -0.1) is 0 Å². The first kappa shape index (κ1) is 28.1. The van der Waals surface area contributed by atoms with E-state index in [1.165, 1.54) is 7.05 Å². The van der Waals surface area contributed by atoms with E-state index in [1.54, 1.807) is 0 Å². The lowest BCUT2D eigenvalue weighted by Gasteiger charge is -2.24. The van der Waals surface area contributed by atoms with Crippen LogP contribution in [0.3, 0.4) is 0 Å². The molecule has 32 heavy (non-hydrogen) atoms. The molecule has 1 aromatic carbocycles. The van der Waals surface area contributed by atoms with Crippen LogP contribution in [-0.2, 0) is 4.84 Å². The van der Waals surface area contributed by atoms with E-state index in [1.807, 2.05) is 72.7 Å². The Hall–Kier alpha value is -0.180. The number of Topliss-reactive ketones (excluding diaryl/α,β-unsaturated/α-hetero) is 1. The lowest BCUT2D eigenvalue weighted by Crippen LogP contribution is -2.43. The molecule has 1 heterocycles. The molecule has 0 spiro atoms. The Kier molecular flexibility index (Phi) is 12.5. The quantitative estimate of drug-likeness (QED) is 0.160. The number of carboxylic acids is 1. The summed E-state index contributed by atoms with van der Waals surface area (Å²) in [5.74, 6) is -2.16. The summed E-state index contributed by atoms with van der Waals surface area (Å²) < 4.78 is 0.962. The second-order valence-electron chi connectivity index (χ2n) is 6.92. The van der Waals surface area contributed by atoms with Crippen LogP contribution in [0.2, 0.25) is 0 Å². The highest BCUT2D eigenvalue weighted by molar-refractivity contribution is 14.1. The number of nitrogens with one attached hydrogen (secondary N) is 4. The Morgan fingerprint density at radius 1 is 0.875 bits per heavy atom. The zero-order chi connectivity index (χ0) is 23.7. The van der Waals surface area contributed by atoms with Crippen LogP contribution in [0.5, 0.6) is 0 Å². The number of rotatable bonds is 6. The summed E-state index contributed by atoms with van der Waals surface area (Å²) in [7, 11) is 1.43. The first-order chi connectivity index (χ1) is 15.3. The third-order valence-corrected chi connectivity index (χ3v) is 7.98. The van der Waals surface area contributed by atoms with E-state index in [9.17, 15) is 19.5 Å². The minimum atomic E-state index is -1.20. The molecular formula is C19H26I3N5O5. The van der Waals surface area contributed by atoms with E-state index in [0.717, 1.165) is 39.3 Å². The van der Waals surface area contributed by atoms with Gasteiger partial charge in [-0.3, -0.25) is 9.69 Å². The predicted octanol–water partition coefficient (Wildman–Crippen LogP) is 0.757. The van der Waals surface area contributed by atoms with Gasteiger partial charge in [0, 0.05) is 75.7 Å². The van der Waals surface area contributed by atoms with Crippen LogP contribution >= 0.6 is 67.8 Å². The van der Waals surface area contributed by atoms with Crippen molar-refractivity contribution in [2.45, 2.75) is 0 Å². The summed E-state index contributed by atoms with van der Waals surface area (Å²) in [5.41, 5.74) is 2.56. The van der Waals surface area contributed by atoms with Gasteiger partial charge in [0.25, 0.3) is 0 Å². The molecule has 0 atom stereocenters. The van der Waals surface area contributed by atoms with Crippen molar-refractivity contribution in [2.24, 2.45) is 0 Å². The molecule has 1 saturated heterocycles. The molecule has 1 fully saturated rings. The molecule has 0 radical (unpaired) electrons. The summed E-state index contributed by atoms with van der Waals surface area (Å²) in [5, 5.41) is 19.8. The Labute approximate surface area is 227 Å². The summed E-state index contributed by atoms with van der Waals surface area (Å²) in [6.45, 7) is 6.36. The van der Waals surface area contributed by atoms with Crippen molar-refractivity contribution in [3.8, 4) is 0 Å². The number of hydroxylamine groups is 1. The molecule has 0 saturated carbocycles. The Balaban J connectivity index is 2.35. The number of hydrogen-bond donors (Lipinski definition) is 5. The third kappa shape index (κ3) is 7.67. The molecule has 1 aliphatic rings. The van der Waals surface area contributed by atoms with Crippen LogP contribution in [0.1, 0.15) is 31.1 Å². The average molecular weight is 785 g/mol. The number of carbonyl (C=O) groups excluding carboxylic acids is 2. The summed E-state index contributed by atoms with van der Waals surface area (Å²) >= 11 is 5.63. The number of carboxylic acid groups (broad SMARTS) is 1. The van der Waals surface area contributed by atoms with Gasteiger partial charge in [-0.25, -0.2) is 9.59 Å². The van der Waals surface area contributed by atoms with E-state index in [4.69, 9.17) is 4.84 Å². The number of nitrogens with zero attached hydrogens (tertiary/aromatic N) is 1. The Bertz CT molecular complexity index is 843. The van der Waals surface area contributed by atoms with Gasteiger partial charge in [-0.2, -0.15) is 5.48 Å². The number of hydrogen-bond acceptors (Lipinski definition) is 9. The predicted molar refractivity (Wildman–Crippen MR) is 145 cm³/mol. The van der Waals surface area contributed by atoms with Gasteiger partial charge >= 0.3 is 11.9 Å². The molecule has 1 aliphatic heterocycles. The summed E-state index contributed by atoms with van der Waals surface area (Å²) in [6, 6.07) is 0. The van der Waals surface area contributed by atoms with Gasteiger partial charge < -0.3 is 25.9 Å². The van der Waals surface area contributed by atoms with Crippen LogP contribution in [-0.4, -0.2) is 93.7 Å². The van der Waals surface area contributed by atoms with Crippen LogP contribution in [0, 0.1) is 10.7 Å². The largest absolute Gasteiger partial charge is 0.478 e. The van der Waals surface area contributed by atoms with Crippen molar-refractivity contribution < 1.29 is 24.3 Å². The normalized spacial score (nSPS) is 16.6. The van der Waals surface area contributed by atoms with Crippen molar-refractivity contribution in [3.05, 3.63) is 27.4 Å². The lowest BCUT2D eigenvalue weighted by atomic mass is 10.0. The van der Waals surface area contributed by atoms with Crippen molar-refractivity contribution in [1.29, 1.82) is 0 Å². The van der Waals surface area contributed by atoms with E-state index in [2.05, 4.69) is 21.4 Å². The molecule has 1 aromatic rings. The van der Waals surface area contributed by atoms with E-state index in [-0.39, 0.29) is 32.6 Å². The molecule has 0 aliphatic carbocycles. The van der Waals surface area contributed by atoms with Gasteiger partial charge in [0.15, 0.2) is 5.78 Å². The highest BCUT2D eigenvalue weighted by atomic mass is 127. The Morgan fingerprint density at radius 2 is 1.34 bits per heavy atom. The molecule has 0 aromatic heterocycles. The first-order valence-corrected chi connectivity index (χ1v) is 13.2. The van der Waals surface area contributed by atoms with Crippen molar-refractivity contribution in [1.82, 2.24) is 26.3 Å². The topological polar surface area (TPSA) is 132 Å². The third-order valence-electron chi connectivity index (χ3n) is 4.74. The fourth-order valence-electron chi connectivity index (χ4n) is 3.17. The molecule has 0 unspecified atom stereocenters. The van der Waals surface area contributed by atoms with Gasteiger partial charge in [0.1, 0.15) is 0 Å². The fourth-order valence-corrected chi connectivity index (χ4v) is 7.84. The highest BCUT2D eigenvalue weighted by Crippen LogP contribution is 2.33. The van der Waals surface area contributed by atoms with Gasteiger partial charge in [0.05, 0.1) is 17.7 Å². The summed E-state index contributed by atoms with van der Waals surface area (Å²) in [6.07, 6.45) is 0. The molecule has 5 N–H and O–H groups in total. The maximum atomic E-state index is 13.4. The maximum Gasteiger partial charge on any atom is 0.359 e. The smallest absolute Gasteiger partial charge is 0.359 e. The van der Waals surface area contributed by atoms with Gasteiger partial charge in [-0.1, -0.05) is 0 Å². The molecule has 0 bridgehead atoms. The van der Waals surface area contributed by atoms with E-state index < -0.39 is 11.9 Å². The van der Waals surface area contributed by atoms with Crippen LogP contribution in [0.25, 0.3) is 0 Å². The lowest BCUT2D eigenvalue weighted by molar-refractivity contribution is 0.0307. The number of ketones is 1. The second-order valence-corrected chi connectivity index (χ2v) is 10.2. The SMILES string of the molecule is CNOC(=O)c1c(I)c(C(=O)O)c(I)c(C(=O)CN2CCNCCNCCNCC2)c1I. The fraction of sp³-hybridized carbons (Fsp3) is 0.526. The number of aromatic carboxylic acids is 1. The maximum absolute atomic E-state index is 13.4.